The van der Waals surface area contributed by atoms with Crippen LogP contribution in [0.25, 0.3) is 0 Å². The molecule has 2 amide bonds. The lowest BCUT2D eigenvalue weighted by atomic mass is 9.99. The van der Waals surface area contributed by atoms with Gasteiger partial charge < -0.3 is 21.1 Å². The lowest BCUT2D eigenvalue weighted by Gasteiger charge is -2.17. The van der Waals surface area contributed by atoms with Gasteiger partial charge in [0.2, 0.25) is 0 Å². The van der Waals surface area contributed by atoms with Crippen molar-refractivity contribution in [3.8, 4) is 0 Å². The SMILES string of the molecule is O=C(Nc1ccccc1Nc1ccccc1)N[C@@H](Cc1ccc(C(=O)c2c(Cl)cccc2Cl)cc1)C(=O)O. The van der Waals surface area contributed by atoms with Crippen molar-refractivity contribution in [3.05, 3.63) is 124 Å². The summed E-state index contributed by atoms with van der Waals surface area (Å²) in [6.45, 7) is 0. The van der Waals surface area contributed by atoms with Crippen molar-refractivity contribution in [3.63, 3.8) is 0 Å². The quantitative estimate of drug-likeness (QED) is 0.173. The number of hydrogen-bond acceptors (Lipinski definition) is 4. The summed E-state index contributed by atoms with van der Waals surface area (Å²) in [4.78, 5) is 37.5. The van der Waals surface area contributed by atoms with Gasteiger partial charge in [-0.2, -0.15) is 0 Å². The zero-order valence-corrected chi connectivity index (χ0v) is 21.5. The Bertz CT molecular complexity index is 1440. The molecule has 0 saturated carbocycles. The number of ketones is 1. The summed E-state index contributed by atoms with van der Waals surface area (Å²) in [6.07, 6.45) is 0.00792. The van der Waals surface area contributed by atoms with Gasteiger partial charge in [0.1, 0.15) is 6.04 Å². The Balaban J connectivity index is 1.42. The second-order valence-corrected chi connectivity index (χ2v) is 9.17. The first-order valence-corrected chi connectivity index (χ1v) is 12.4. The van der Waals surface area contributed by atoms with E-state index in [9.17, 15) is 19.5 Å². The van der Waals surface area contributed by atoms with E-state index in [-0.39, 0.29) is 27.8 Å². The third-order valence-corrected chi connectivity index (χ3v) is 6.31. The van der Waals surface area contributed by atoms with Crippen molar-refractivity contribution in [1.29, 1.82) is 0 Å². The number of carbonyl (C=O) groups excluding carboxylic acids is 2. The van der Waals surface area contributed by atoms with Crippen LogP contribution in [0.15, 0.2) is 97.1 Å². The van der Waals surface area contributed by atoms with Gasteiger partial charge in [0.05, 0.1) is 27.0 Å². The van der Waals surface area contributed by atoms with Crippen LogP contribution in [0.5, 0.6) is 0 Å². The highest BCUT2D eigenvalue weighted by Crippen LogP contribution is 2.27. The first-order valence-electron chi connectivity index (χ1n) is 11.6. The van der Waals surface area contributed by atoms with Crippen LogP contribution in [0.3, 0.4) is 0 Å². The zero-order chi connectivity index (χ0) is 27.1. The van der Waals surface area contributed by atoms with E-state index in [1.807, 2.05) is 36.4 Å². The van der Waals surface area contributed by atoms with E-state index in [2.05, 4.69) is 16.0 Å². The number of urea groups is 1. The number of aliphatic carboxylic acids is 1. The summed E-state index contributed by atoms with van der Waals surface area (Å²) >= 11 is 12.3. The Labute approximate surface area is 229 Å². The van der Waals surface area contributed by atoms with Crippen LogP contribution in [0.2, 0.25) is 10.0 Å². The minimum Gasteiger partial charge on any atom is -0.480 e. The van der Waals surface area contributed by atoms with Crippen molar-refractivity contribution < 1.29 is 19.5 Å². The zero-order valence-electron chi connectivity index (χ0n) is 19.9. The number of benzene rings is 4. The number of carboxylic acid groups (broad SMARTS) is 1. The molecule has 0 bridgehead atoms. The van der Waals surface area contributed by atoms with Gasteiger partial charge in [-0.15, -0.1) is 0 Å². The largest absolute Gasteiger partial charge is 0.480 e. The monoisotopic (exact) mass is 547 g/mol. The number of nitrogens with one attached hydrogen (secondary N) is 3. The maximum Gasteiger partial charge on any atom is 0.326 e. The predicted molar refractivity (Wildman–Crippen MR) is 150 cm³/mol. The molecular weight excluding hydrogens is 525 g/mol. The van der Waals surface area contributed by atoms with Crippen LogP contribution >= 0.6 is 23.2 Å². The molecule has 0 saturated heterocycles. The third kappa shape index (κ3) is 6.70. The van der Waals surface area contributed by atoms with E-state index in [1.54, 1.807) is 60.7 Å². The summed E-state index contributed by atoms with van der Waals surface area (Å²) in [5.74, 6) is -1.54. The number of carbonyl (C=O) groups is 3. The molecule has 0 aromatic heterocycles. The van der Waals surface area contributed by atoms with Gasteiger partial charge in [-0.25, -0.2) is 9.59 Å². The van der Waals surface area contributed by atoms with Gasteiger partial charge in [0.15, 0.2) is 5.78 Å². The number of amides is 2. The fraction of sp³-hybridized carbons (Fsp3) is 0.0690. The molecule has 0 aliphatic carbocycles. The maximum absolute atomic E-state index is 12.9. The Morgan fingerprint density at radius 3 is 1.97 bits per heavy atom. The minimum atomic E-state index is -1.20. The molecule has 9 heteroatoms. The van der Waals surface area contributed by atoms with E-state index < -0.39 is 18.0 Å². The second-order valence-electron chi connectivity index (χ2n) is 8.35. The molecule has 0 radical (unpaired) electrons. The Morgan fingerprint density at radius 1 is 0.737 bits per heavy atom. The molecule has 0 aliphatic rings. The first-order chi connectivity index (χ1) is 18.3. The normalized spacial score (nSPS) is 11.3. The van der Waals surface area contributed by atoms with Crippen molar-refractivity contribution in [1.82, 2.24) is 5.32 Å². The van der Waals surface area contributed by atoms with Crippen LogP contribution < -0.4 is 16.0 Å². The molecule has 0 aliphatic heterocycles. The molecule has 0 fully saturated rings. The van der Waals surface area contributed by atoms with Gasteiger partial charge >= 0.3 is 12.0 Å². The second kappa shape index (κ2) is 12.3. The molecule has 4 N–H and O–H groups in total. The lowest BCUT2D eigenvalue weighted by Crippen LogP contribution is -2.44. The third-order valence-electron chi connectivity index (χ3n) is 5.68. The van der Waals surface area contributed by atoms with E-state index >= 15 is 0 Å². The number of halogens is 2. The molecule has 7 nitrogen and oxygen atoms in total. The van der Waals surface area contributed by atoms with Gasteiger partial charge in [0, 0.05) is 17.7 Å². The molecule has 4 aromatic carbocycles. The van der Waals surface area contributed by atoms with Crippen LogP contribution in [-0.2, 0) is 11.2 Å². The fourth-order valence-corrected chi connectivity index (χ4v) is 4.35. The molecule has 38 heavy (non-hydrogen) atoms. The number of anilines is 3. The van der Waals surface area contributed by atoms with Crippen LogP contribution in [0, 0.1) is 0 Å². The van der Waals surface area contributed by atoms with Crippen LogP contribution in [0.4, 0.5) is 21.9 Å². The number of hydrogen-bond donors (Lipinski definition) is 4. The van der Waals surface area contributed by atoms with Gasteiger partial charge in [-0.1, -0.05) is 83.9 Å². The molecule has 0 unspecified atom stereocenters. The highest BCUT2D eigenvalue weighted by atomic mass is 35.5. The molecule has 4 rings (SSSR count). The van der Waals surface area contributed by atoms with Gasteiger partial charge in [0.25, 0.3) is 0 Å². The summed E-state index contributed by atoms with van der Waals surface area (Å²) in [6, 6.07) is 25.9. The summed E-state index contributed by atoms with van der Waals surface area (Å²) < 4.78 is 0. The summed E-state index contributed by atoms with van der Waals surface area (Å²) in [5, 5.41) is 18.6. The predicted octanol–water partition coefficient (Wildman–Crippen LogP) is 6.79. The highest BCUT2D eigenvalue weighted by molar-refractivity contribution is 6.41. The molecule has 4 aromatic rings. The van der Waals surface area contributed by atoms with Crippen LogP contribution in [0.1, 0.15) is 21.5 Å². The van der Waals surface area contributed by atoms with Crippen LogP contribution in [-0.4, -0.2) is 28.9 Å². The number of carboxylic acids is 1. The first kappa shape index (κ1) is 26.7. The molecule has 0 heterocycles. The van der Waals surface area contributed by atoms with Crippen molar-refractivity contribution in [2.75, 3.05) is 10.6 Å². The molecule has 1 atom stereocenters. The molecular formula is C29H23Cl2N3O4. The lowest BCUT2D eigenvalue weighted by molar-refractivity contribution is -0.139. The van der Waals surface area contributed by atoms with E-state index in [4.69, 9.17) is 23.2 Å². The van der Waals surface area contributed by atoms with Crippen molar-refractivity contribution >= 4 is 58.0 Å². The average Bonchev–Trinajstić information content (AvgIpc) is 2.90. The molecule has 192 valence electrons. The topological polar surface area (TPSA) is 108 Å². The van der Waals surface area contributed by atoms with E-state index in [0.29, 0.717) is 22.5 Å². The average molecular weight is 548 g/mol. The highest BCUT2D eigenvalue weighted by Gasteiger charge is 2.22. The van der Waals surface area contributed by atoms with E-state index in [1.165, 1.54) is 0 Å². The Kier molecular flexibility index (Phi) is 8.63. The Morgan fingerprint density at radius 2 is 1.34 bits per heavy atom. The van der Waals surface area contributed by atoms with Crippen molar-refractivity contribution in [2.24, 2.45) is 0 Å². The van der Waals surface area contributed by atoms with Crippen molar-refractivity contribution in [2.45, 2.75) is 12.5 Å². The smallest absolute Gasteiger partial charge is 0.326 e. The maximum atomic E-state index is 12.9. The number of rotatable bonds is 9. The fourth-order valence-electron chi connectivity index (χ4n) is 3.78. The molecule has 0 spiro atoms. The summed E-state index contributed by atoms with van der Waals surface area (Å²) in [7, 11) is 0. The Hall–Kier alpha value is -4.33. The summed E-state index contributed by atoms with van der Waals surface area (Å²) in [5.41, 5.74) is 3.14. The standard InChI is InChI=1S/C29H23Cl2N3O4/c30-21-9-6-10-22(31)26(21)27(35)19-15-13-18(14-16-19)17-25(28(36)37)34-29(38)33-24-12-5-4-11-23(24)32-20-7-2-1-3-8-20/h1-16,25,32H,17H2,(H,36,37)(H2,33,34,38)/t25-/m0/s1. The minimum absolute atomic E-state index is 0.00792. The van der Waals surface area contributed by atoms with Gasteiger partial charge in [-0.05, 0) is 42.0 Å². The van der Waals surface area contributed by atoms with E-state index in [0.717, 1.165) is 5.69 Å². The van der Waals surface area contributed by atoms with Gasteiger partial charge in [-0.3, -0.25) is 4.79 Å². The number of para-hydroxylation sites is 3.